The number of rotatable bonds is 5. The minimum absolute atomic E-state index is 0.259. The van der Waals surface area contributed by atoms with E-state index in [1.807, 2.05) is 0 Å². The molecular weight excluding hydrogens is 272 g/mol. The molecule has 1 saturated carbocycles. The van der Waals surface area contributed by atoms with Gasteiger partial charge < -0.3 is 10.2 Å². The lowest BCUT2D eigenvalue weighted by Gasteiger charge is -2.20. The number of aryl methyl sites for hydroxylation is 1. The molecular formula is C19H28N2O. The highest BCUT2D eigenvalue weighted by Crippen LogP contribution is 2.32. The summed E-state index contributed by atoms with van der Waals surface area (Å²) in [5.41, 5.74) is 2.65. The summed E-state index contributed by atoms with van der Waals surface area (Å²) < 4.78 is 0. The van der Waals surface area contributed by atoms with E-state index >= 15 is 0 Å². The Hall–Kier alpha value is -1.35. The molecule has 1 amide bonds. The van der Waals surface area contributed by atoms with Crippen molar-refractivity contribution in [1.29, 1.82) is 0 Å². The van der Waals surface area contributed by atoms with Crippen molar-refractivity contribution in [2.24, 2.45) is 11.8 Å². The molecule has 1 aromatic carbocycles. The third-order valence-corrected chi connectivity index (χ3v) is 4.80. The third kappa shape index (κ3) is 3.70. The van der Waals surface area contributed by atoms with Gasteiger partial charge in [0.2, 0.25) is 5.91 Å². The highest BCUT2D eigenvalue weighted by molar-refractivity contribution is 5.81. The van der Waals surface area contributed by atoms with Crippen molar-refractivity contribution < 1.29 is 4.79 Å². The second-order valence-electron chi connectivity index (χ2n) is 7.52. The summed E-state index contributed by atoms with van der Waals surface area (Å²) in [4.78, 5) is 14.7. The van der Waals surface area contributed by atoms with Gasteiger partial charge in [0.25, 0.3) is 0 Å². The van der Waals surface area contributed by atoms with Gasteiger partial charge in [-0.25, -0.2) is 0 Å². The van der Waals surface area contributed by atoms with Crippen LogP contribution in [0.4, 0.5) is 0 Å². The first kappa shape index (κ1) is 15.5. The largest absolute Gasteiger partial charge is 0.351 e. The number of hydrogen-bond acceptors (Lipinski definition) is 2. The number of nitrogens with one attached hydrogen (secondary N) is 1. The van der Waals surface area contributed by atoms with Crippen LogP contribution in [0.15, 0.2) is 24.3 Å². The molecule has 120 valence electrons. The van der Waals surface area contributed by atoms with Crippen LogP contribution in [0.1, 0.15) is 43.7 Å². The number of benzene rings is 1. The maximum Gasteiger partial charge on any atom is 0.223 e. The molecule has 0 bridgehead atoms. The number of likely N-dealkylation sites (tertiary alicyclic amines) is 1. The SMILES string of the molecule is Cc1ccc([C@@H]2CN(CC(C)C)C[C@H]2NC(=O)C2CC2)cc1. The molecule has 0 spiro atoms. The van der Waals surface area contributed by atoms with Crippen molar-refractivity contribution in [3.05, 3.63) is 35.4 Å². The zero-order valence-electron chi connectivity index (χ0n) is 14.0. The highest BCUT2D eigenvalue weighted by atomic mass is 16.2. The summed E-state index contributed by atoms with van der Waals surface area (Å²) in [6, 6.07) is 9.08. The Balaban J connectivity index is 1.73. The molecule has 22 heavy (non-hydrogen) atoms. The van der Waals surface area contributed by atoms with Gasteiger partial charge in [-0.2, -0.15) is 0 Å². The van der Waals surface area contributed by atoms with Crippen molar-refractivity contribution in [2.45, 2.75) is 45.6 Å². The van der Waals surface area contributed by atoms with Crippen LogP contribution in [0.3, 0.4) is 0 Å². The van der Waals surface area contributed by atoms with Crippen LogP contribution >= 0.6 is 0 Å². The van der Waals surface area contributed by atoms with Crippen LogP contribution in [-0.2, 0) is 4.79 Å². The van der Waals surface area contributed by atoms with Gasteiger partial charge in [0, 0.05) is 37.5 Å². The van der Waals surface area contributed by atoms with Crippen molar-refractivity contribution >= 4 is 5.91 Å². The minimum Gasteiger partial charge on any atom is -0.351 e. The van der Waals surface area contributed by atoms with E-state index in [4.69, 9.17) is 0 Å². The zero-order valence-corrected chi connectivity index (χ0v) is 14.0. The van der Waals surface area contributed by atoms with E-state index in [2.05, 4.69) is 55.3 Å². The second-order valence-corrected chi connectivity index (χ2v) is 7.52. The van der Waals surface area contributed by atoms with Crippen molar-refractivity contribution in [3.63, 3.8) is 0 Å². The number of hydrogen-bond donors (Lipinski definition) is 1. The molecule has 0 aromatic heterocycles. The number of nitrogens with zero attached hydrogens (tertiary/aromatic N) is 1. The van der Waals surface area contributed by atoms with Gasteiger partial charge in [-0.05, 0) is 31.2 Å². The van der Waals surface area contributed by atoms with E-state index in [1.54, 1.807) is 0 Å². The maximum atomic E-state index is 12.2. The van der Waals surface area contributed by atoms with Gasteiger partial charge >= 0.3 is 0 Å². The molecule has 2 fully saturated rings. The van der Waals surface area contributed by atoms with Crippen LogP contribution in [0.25, 0.3) is 0 Å². The molecule has 1 saturated heterocycles. The Morgan fingerprint density at radius 3 is 2.50 bits per heavy atom. The number of carbonyl (C=O) groups is 1. The first-order valence-corrected chi connectivity index (χ1v) is 8.62. The molecule has 1 aliphatic carbocycles. The smallest absolute Gasteiger partial charge is 0.223 e. The Kier molecular flexibility index (Phi) is 4.53. The van der Waals surface area contributed by atoms with Crippen molar-refractivity contribution in [1.82, 2.24) is 10.2 Å². The Morgan fingerprint density at radius 1 is 1.23 bits per heavy atom. The van der Waals surface area contributed by atoms with Gasteiger partial charge in [-0.1, -0.05) is 43.7 Å². The van der Waals surface area contributed by atoms with Crippen LogP contribution in [0.5, 0.6) is 0 Å². The number of carbonyl (C=O) groups excluding carboxylic acids is 1. The lowest BCUT2D eigenvalue weighted by Crippen LogP contribution is -2.40. The van der Waals surface area contributed by atoms with Gasteiger partial charge in [-0.3, -0.25) is 4.79 Å². The summed E-state index contributed by atoms with van der Waals surface area (Å²) in [6.45, 7) is 9.79. The summed E-state index contributed by atoms with van der Waals surface area (Å²) in [7, 11) is 0. The monoisotopic (exact) mass is 300 g/mol. The van der Waals surface area contributed by atoms with E-state index in [9.17, 15) is 4.79 Å². The second kappa shape index (κ2) is 6.41. The molecule has 1 aliphatic heterocycles. The van der Waals surface area contributed by atoms with Gasteiger partial charge in [-0.15, -0.1) is 0 Å². The molecule has 3 rings (SSSR count). The highest BCUT2D eigenvalue weighted by Gasteiger charge is 2.38. The third-order valence-electron chi connectivity index (χ3n) is 4.80. The topological polar surface area (TPSA) is 32.3 Å². The van der Waals surface area contributed by atoms with Gasteiger partial charge in [0.15, 0.2) is 0 Å². The summed E-state index contributed by atoms with van der Waals surface area (Å²) in [6.07, 6.45) is 2.15. The predicted molar refractivity (Wildman–Crippen MR) is 89.9 cm³/mol. The minimum atomic E-state index is 0.259. The van der Waals surface area contributed by atoms with Gasteiger partial charge in [0.05, 0.1) is 0 Å². The Bertz CT molecular complexity index is 519. The molecule has 3 heteroatoms. The first-order chi connectivity index (χ1) is 10.5. The molecule has 1 aromatic rings. The van der Waals surface area contributed by atoms with Crippen LogP contribution in [0, 0.1) is 18.8 Å². The summed E-state index contributed by atoms with van der Waals surface area (Å²) in [5.74, 6) is 1.64. The average Bonchev–Trinajstić information content (AvgIpc) is 3.23. The fourth-order valence-electron chi connectivity index (χ4n) is 3.49. The Morgan fingerprint density at radius 2 is 1.91 bits per heavy atom. The number of amides is 1. The molecule has 2 atom stereocenters. The quantitative estimate of drug-likeness (QED) is 0.907. The Labute approximate surface area is 134 Å². The maximum absolute atomic E-state index is 12.2. The van der Waals surface area contributed by atoms with E-state index in [0.717, 1.165) is 32.5 Å². The van der Waals surface area contributed by atoms with E-state index < -0.39 is 0 Å². The zero-order chi connectivity index (χ0) is 15.7. The molecule has 0 radical (unpaired) electrons. The normalized spacial score (nSPS) is 25.6. The van der Waals surface area contributed by atoms with Crippen LogP contribution < -0.4 is 5.32 Å². The average molecular weight is 300 g/mol. The fraction of sp³-hybridized carbons (Fsp3) is 0.632. The van der Waals surface area contributed by atoms with Gasteiger partial charge in [0.1, 0.15) is 0 Å². The summed E-state index contributed by atoms with van der Waals surface area (Å²) in [5, 5.41) is 3.33. The van der Waals surface area contributed by atoms with Crippen LogP contribution in [-0.4, -0.2) is 36.5 Å². The fourth-order valence-corrected chi connectivity index (χ4v) is 3.49. The van der Waals surface area contributed by atoms with Crippen LogP contribution in [0.2, 0.25) is 0 Å². The van der Waals surface area contributed by atoms with E-state index in [0.29, 0.717) is 11.8 Å². The van der Waals surface area contributed by atoms with Crippen molar-refractivity contribution in [3.8, 4) is 0 Å². The molecule has 2 aliphatic rings. The molecule has 0 unspecified atom stereocenters. The lowest BCUT2D eigenvalue weighted by molar-refractivity contribution is -0.123. The lowest BCUT2D eigenvalue weighted by atomic mass is 9.93. The van der Waals surface area contributed by atoms with Crippen molar-refractivity contribution in [2.75, 3.05) is 19.6 Å². The molecule has 3 nitrogen and oxygen atoms in total. The van der Waals surface area contributed by atoms with E-state index in [1.165, 1.54) is 11.1 Å². The predicted octanol–water partition coefficient (Wildman–Crippen LogP) is 2.95. The van der Waals surface area contributed by atoms with E-state index in [-0.39, 0.29) is 17.9 Å². The molecule has 1 N–H and O–H groups in total. The summed E-state index contributed by atoms with van der Waals surface area (Å²) >= 11 is 0. The first-order valence-electron chi connectivity index (χ1n) is 8.62. The standard InChI is InChI=1S/C19H28N2O/c1-13(2)10-21-11-17(15-6-4-14(3)5-7-15)18(12-21)20-19(22)16-8-9-16/h4-7,13,16-18H,8-12H2,1-3H3,(H,20,22)/t17-,18+/m0/s1. The molecule has 1 heterocycles.